The summed E-state index contributed by atoms with van der Waals surface area (Å²) < 4.78 is 6.44. The van der Waals surface area contributed by atoms with Gasteiger partial charge in [0.05, 0.1) is 17.3 Å². The third kappa shape index (κ3) is 3.80. The number of hydrogen-bond donors (Lipinski definition) is 1. The summed E-state index contributed by atoms with van der Waals surface area (Å²) in [6.45, 7) is 6.34. The third-order valence-electron chi connectivity index (χ3n) is 6.30. The van der Waals surface area contributed by atoms with Gasteiger partial charge in [-0.3, -0.25) is 0 Å². The lowest BCUT2D eigenvalue weighted by Gasteiger charge is -2.39. The van der Waals surface area contributed by atoms with Crippen molar-refractivity contribution in [1.82, 2.24) is 0 Å². The molecule has 0 aromatic heterocycles. The molecule has 2 unspecified atom stereocenters. The van der Waals surface area contributed by atoms with E-state index in [0.29, 0.717) is 5.56 Å². The lowest BCUT2D eigenvalue weighted by atomic mass is 9.79. The first-order valence-electron chi connectivity index (χ1n) is 10.9. The molecule has 1 aliphatic carbocycles. The second-order valence-corrected chi connectivity index (χ2v) is 9.24. The number of aryl methyl sites for hydroxylation is 1. The van der Waals surface area contributed by atoms with Gasteiger partial charge in [-0.1, -0.05) is 60.2 Å². The third-order valence-corrected chi connectivity index (χ3v) is 6.30. The van der Waals surface area contributed by atoms with E-state index in [2.05, 4.69) is 81.5 Å². The normalized spacial score (nSPS) is 20.8. The van der Waals surface area contributed by atoms with Gasteiger partial charge in [-0.05, 0) is 83.8 Å². The minimum Gasteiger partial charge on any atom is -0.478 e. The van der Waals surface area contributed by atoms with E-state index in [-0.39, 0.29) is 17.6 Å². The van der Waals surface area contributed by atoms with E-state index in [1.54, 1.807) is 12.1 Å². The molecule has 2 aliphatic rings. The Morgan fingerprint density at radius 2 is 1.50 bits per heavy atom. The molecule has 0 fully saturated rings. The average molecular weight is 423 g/mol. The van der Waals surface area contributed by atoms with Crippen LogP contribution in [0.2, 0.25) is 0 Å². The molecule has 0 radical (unpaired) electrons. The van der Waals surface area contributed by atoms with Gasteiger partial charge in [-0.25, -0.2) is 4.79 Å². The highest BCUT2D eigenvalue weighted by Gasteiger charge is 2.35. The van der Waals surface area contributed by atoms with Crippen LogP contribution in [-0.2, 0) is 4.74 Å². The topological polar surface area (TPSA) is 46.5 Å². The Morgan fingerprint density at radius 1 is 0.844 bits per heavy atom. The monoisotopic (exact) mass is 422 g/mol. The average Bonchev–Trinajstić information content (AvgIpc) is 2.77. The van der Waals surface area contributed by atoms with Crippen LogP contribution in [0.5, 0.6) is 0 Å². The van der Waals surface area contributed by atoms with Crippen molar-refractivity contribution in [2.24, 2.45) is 5.92 Å². The Morgan fingerprint density at radius 3 is 2.19 bits per heavy atom. The number of carboxylic acids is 1. The van der Waals surface area contributed by atoms with Crippen LogP contribution in [0, 0.1) is 12.8 Å². The van der Waals surface area contributed by atoms with Crippen LogP contribution in [0.15, 0.2) is 72.8 Å². The minimum absolute atomic E-state index is 0.0143. The first-order chi connectivity index (χ1) is 15.3. The Balaban J connectivity index is 1.59. The Kier molecular flexibility index (Phi) is 4.87. The second-order valence-electron chi connectivity index (χ2n) is 9.24. The molecule has 3 aromatic rings. The van der Waals surface area contributed by atoms with Gasteiger partial charge in [0.1, 0.15) is 0 Å². The standard InChI is InChI=1S/C29H26O3/c1-18-4-6-20(7-5-18)26-17-29(2,3)32-27-16-23-13-12-22(14-24(23)15-25(26)27)19-8-10-21(11-9-19)28(30)31/h4-17,25,27H,1-3H3,(H,30,31). The number of carbonyl (C=O) groups is 1. The fourth-order valence-electron chi connectivity index (χ4n) is 4.68. The predicted molar refractivity (Wildman–Crippen MR) is 129 cm³/mol. The zero-order valence-electron chi connectivity index (χ0n) is 18.5. The molecular formula is C29H26O3. The zero-order valence-corrected chi connectivity index (χ0v) is 18.5. The summed E-state index contributed by atoms with van der Waals surface area (Å²) in [5, 5.41) is 11.5. The van der Waals surface area contributed by atoms with Crippen LogP contribution < -0.4 is 10.4 Å². The van der Waals surface area contributed by atoms with E-state index in [0.717, 1.165) is 16.3 Å². The zero-order chi connectivity index (χ0) is 22.5. The summed E-state index contributed by atoms with van der Waals surface area (Å²) in [5.74, 6) is -0.769. The van der Waals surface area contributed by atoms with E-state index < -0.39 is 5.97 Å². The fraction of sp³-hybridized carbons (Fsp3) is 0.207. The van der Waals surface area contributed by atoms with Crippen molar-refractivity contribution in [2.45, 2.75) is 32.5 Å². The van der Waals surface area contributed by atoms with Crippen molar-refractivity contribution in [2.75, 3.05) is 0 Å². The number of ether oxygens (including phenoxy) is 1. The van der Waals surface area contributed by atoms with Crippen molar-refractivity contribution in [3.63, 3.8) is 0 Å². The Hall–Kier alpha value is -3.43. The molecule has 0 saturated heterocycles. The van der Waals surface area contributed by atoms with Crippen LogP contribution in [0.1, 0.15) is 35.3 Å². The molecule has 0 spiro atoms. The molecule has 0 bridgehead atoms. The molecular weight excluding hydrogens is 396 g/mol. The molecule has 160 valence electrons. The lowest BCUT2D eigenvalue weighted by molar-refractivity contribution is -0.0261. The first kappa shape index (κ1) is 20.5. The van der Waals surface area contributed by atoms with Gasteiger partial charge < -0.3 is 9.84 Å². The summed E-state index contributed by atoms with van der Waals surface area (Å²) in [6, 6.07) is 22.1. The van der Waals surface area contributed by atoms with E-state index in [9.17, 15) is 4.79 Å². The van der Waals surface area contributed by atoms with Crippen LogP contribution in [-0.4, -0.2) is 22.8 Å². The van der Waals surface area contributed by atoms with Crippen molar-refractivity contribution in [1.29, 1.82) is 0 Å². The SMILES string of the molecule is Cc1ccc(C2=CC(C)(C)OC3C=c4ccc(-c5ccc(C(=O)O)cc5)cc4=CC23)cc1. The quantitative estimate of drug-likeness (QED) is 0.659. The van der Waals surface area contributed by atoms with Gasteiger partial charge >= 0.3 is 5.97 Å². The molecule has 1 N–H and O–H groups in total. The molecule has 5 rings (SSSR count). The number of fused-ring (bicyclic) bond motifs is 2. The fourth-order valence-corrected chi connectivity index (χ4v) is 4.68. The summed E-state index contributed by atoms with van der Waals surface area (Å²) in [4.78, 5) is 11.2. The van der Waals surface area contributed by atoms with Crippen molar-refractivity contribution >= 4 is 23.7 Å². The van der Waals surface area contributed by atoms with E-state index in [1.165, 1.54) is 21.9 Å². The van der Waals surface area contributed by atoms with Crippen LogP contribution in [0.3, 0.4) is 0 Å². The smallest absolute Gasteiger partial charge is 0.335 e. The summed E-state index contributed by atoms with van der Waals surface area (Å²) >= 11 is 0. The maximum absolute atomic E-state index is 11.2. The lowest BCUT2D eigenvalue weighted by Crippen LogP contribution is -2.43. The van der Waals surface area contributed by atoms with E-state index >= 15 is 0 Å². The van der Waals surface area contributed by atoms with E-state index in [4.69, 9.17) is 9.84 Å². The molecule has 3 heteroatoms. The van der Waals surface area contributed by atoms with Gasteiger partial charge in [-0.15, -0.1) is 0 Å². The van der Waals surface area contributed by atoms with Crippen molar-refractivity contribution in [3.8, 4) is 11.1 Å². The maximum atomic E-state index is 11.2. The van der Waals surface area contributed by atoms with E-state index in [1.807, 2.05) is 12.1 Å². The summed E-state index contributed by atoms with van der Waals surface area (Å²) in [7, 11) is 0. The number of benzene rings is 3. The van der Waals surface area contributed by atoms with Gasteiger partial charge in [0.25, 0.3) is 0 Å². The number of carboxylic acid groups (broad SMARTS) is 1. The van der Waals surface area contributed by atoms with Crippen molar-refractivity contribution < 1.29 is 14.6 Å². The van der Waals surface area contributed by atoms with Crippen LogP contribution >= 0.6 is 0 Å². The largest absolute Gasteiger partial charge is 0.478 e. The molecule has 0 amide bonds. The molecule has 0 saturated carbocycles. The molecule has 1 aliphatic heterocycles. The van der Waals surface area contributed by atoms with Gasteiger partial charge in [0.2, 0.25) is 0 Å². The molecule has 32 heavy (non-hydrogen) atoms. The Bertz CT molecular complexity index is 1340. The molecule has 3 nitrogen and oxygen atoms in total. The summed E-state index contributed by atoms with van der Waals surface area (Å²) in [5.41, 5.74) is 5.81. The first-order valence-corrected chi connectivity index (χ1v) is 10.9. The molecule has 1 heterocycles. The number of rotatable bonds is 3. The second kappa shape index (κ2) is 7.61. The van der Waals surface area contributed by atoms with Gasteiger partial charge in [0, 0.05) is 5.92 Å². The highest BCUT2D eigenvalue weighted by atomic mass is 16.5. The van der Waals surface area contributed by atoms with Crippen LogP contribution in [0.4, 0.5) is 0 Å². The van der Waals surface area contributed by atoms with Crippen molar-refractivity contribution in [3.05, 3.63) is 99.9 Å². The molecule has 2 atom stereocenters. The number of aromatic carboxylic acids is 1. The van der Waals surface area contributed by atoms with Gasteiger partial charge in [0.15, 0.2) is 0 Å². The maximum Gasteiger partial charge on any atom is 0.335 e. The minimum atomic E-state index is -0.911. The number of hydrogen-bond acceptors (Lipinski definition) is 2. The highest BCUT2D eigenvalue weighted by molar-refractivity contribution is 5.88. The van der Waals surface area contributed by atoms with Crippen LogP contribution in [0.25, 0.3) is 28.9 Å². The van der Waals surface area contributed by atoms with Gasteiger partial charge in [-0.2, -0.15) is 0 Å². The predicted octanol–water partition coefficient (Wildman–Crippen LogP) is 4.81. The Labute approximate surface area is 188 Å². The summed E-state index contributed by atoms with van der Waals surface area (Å²) in [6.07, 6.45) is 6.79. The molecule has 3 aromatic carbocycles. The highest BCUT2D eigenvalue weighted by Crippen LogP contribution is 2.39.